The molecule has 1 aromatic heterocycles. The maximum atomic E-state index is 11.7. The first-order chi connectivity index (χ1) is 15.3. The molecule has 0 bridgehead atoms. The number of hydrogen-bond acceptors (Lipinski definition) is 9. The number of esters is 1. The predicted octanol–water partition coefficient (Wildman–Crippen LogP) is 0.801. The van der Waals surface area contributed by atoms with Crippen LogP contribution in [0, 0.1) is 0 Å². The average molecular weight is 448 g/mol. The van der Waals surface area contributed by atoms with Crippen molar-refractivity contribution in [1.82, 2.24) is 14.8 Å². The van der Waals surface area contributed by atoms with E-state index in [0.717, 1.165) is 24.9 Å². The van der Waals surface area contributed by atoms with Crippen molar-refractivity contribution in [2.45, 2.75) is 50.7 Å². The van der Waals surface area contributed by atoms with Gasteiger partial charge in [0.1, 0.15) is 25.5 Å². The van der Waals surface area contributed by atoms with E-state index in [1.807, 2.05) is 18.2 Å². The van der Waals surface area contributed by atoms with Crippen LogP contribution in [0.25, 0.3) is 5.69 Å². The molecule has 11 heteroatoms. The second-order valence-electron chi connectivity index (χ2n) is 7.64. The van der Waals surface area contributed by atoms with Gasteiger partial charge in [0.2, 0.25) is 0 Å². The number of carboxylic acid groups (broad SMARTS) is 1. The molecule has 1 aliphatic heterocycles. The molecule has 2 aliphatic rings. The number of aliphatic hydroxyl groups is 1. The van der Waals surface area contributed by atoms with E-state index >= 15 is 0 Å². The summed E-state index contributed by atoms with van der Waals surface area (Å²) in [7, 11) is 1.34. The zero-order valence-electron chi connectivity index (χ0n) is 18.1. The minimum Gasteiger partial charge on any atom is -0.486 e. The number of aliphatic hydroxyl groups excluding tert-OH is 1. The van der Waals surface area contributed by atoms with Crippen molar-refractivity contribution in [3.8, 4) is 17.2 Å². The molecule has 174 valence electrons. The van der Waals surface area contributed by atoms with Gasteiger partial charge in [-0.3, -0.25) is 9.59 Å². The largest absolute Gasteiger partial charge is 0.486 e. The number of rotatable bonds is 4. The zero-order chi connectivity index (χ0) is 23.3. The van der Waals surface area contributed by atoms with Crippen molar-refractivity contribution in [2.75, 3.05) is 20.3 Å². The normalized spacial score (nSPS) is 21.8. The van der Waals surface area contributed by atoms with Crippen LogP contribution in [-0.2, 0) is 20.7 Å². The van der Waals surface area contributed by atoms with Gasteiger partial charge in [-0.05, 0) is 31.4 Å². The summed E-state index contributed by atoms with van der Waals surface area (Å²) in [5.74, 6) is 1.24. The second-order valence-corrected chi connectivity index (χ2v) is 7.64. The van der Waals surface area contributed by atoms with E-state index in [9.17, 15) is 9.90 Å². The summed E-state index contributed by atoms with van der Waals surface area (Å²) < 4.78 is 17.7. The van der Waals surface area contributed by atoms with E-state index in [2.05, 4.69) is 10.1 Å². The Morgan fingerprint density at radius 3 is 2.59 bits per heavy atom. The summed E-state index contributed by atoms with van der Waals surface area (Å²) in [6, 6.07) is 5.26. The van der Waals surface area contributed by atoms with Gasteiger partial charge in [0, 0.05) is 24.9 Å². The van der Waals surface area contributed by atoms with Crippen LogP contribution in [0.4, 0.5) is 0 Å². The molecule has 0 amide bonds. The fourth-order valence-corrected chi connectivity index (χ4v) is 3.69. The smallest absolute Gasteiger partial charge is 0.313 e. The molecule has 2 heterocycles. The van der Waals surface area contributed by atoms with E-state index in [1.165, 1.54) is 7.11 Å². The molecule has 0 unspecified atom stereocenters. The SMILES string of the molecule is CC(=O)O.COC(=O)Cc1nc([C@H]2CC[C@@H](O)[C@H](N)C2)n(-c2ccc3c(c2)OCCO3)n1. The molecule has 1 aliphatic carbocycles. The molecule has 1 aromatic carbocycles. The van der Waals surface area contributed by atoms with Crippen LogP contribution in [0.2, 0.25) is 0 Å². The van der Waals surface area contributed by atoms with E-state index in [1.54, 1.807) is 4.68 Å². The number of aromatic nitrogens is 3. The van der Waals surface area contributed by atoms with E-state index in [-0.39, 0.29) is 18.4 Å². The van der Waals surface area contributed by atoms with Crippen molar-refractivity contribution in [1.29, 1.82) is 0 Å². The molecule has 0 radical (unpaired) electrons. The van der Waals surface area contributed by atoms with Crippen molar-refractivity contribution >= 4 is 11.9 Å². The van der Waals surface area contributed by atoms with Crippen LogP contribution in [0.3, 0.4) is 0 Å². The Hall–Kier alpha value is -3.18. The number of carbonyl (C=O) groups is 2. The molecule has 3 atom stereocenters. The Morgan fingerprint density at radius 1 is 1.25 bits per heavy atom. The lowest BCUT2D eigenvalue weighted by atomic mass is 9.83. The highest BCUT2D eigenvalue weighted by Crippen LogP contribution is 2.35. The number of benzene rings is 1. The Morgan fingerprint density at radius 2 is 1.94 bits per heavy atom. The first kappa shape index (κ1) is 23.5. The van der Waals surface area contributed by atoms with E-state index < -0.39 is 18.0 Å². The summed E-state index contributed by atoms with van der Waals surface area (Å²) in [5, 5.41) is 21.9. The lowest BCUT2D eigenvalue weighted by Gasteiger charge is -2.30. The number of nitrogens with two attached hydrogens (primary N) is 1. The number of carboxylic acids is 1. The molecule has 32 heavy (non-hydrogen) atoms. The van der Waals surface area contributed by atoms with E-state index in [0.29, 0.717) is 43.4 Å². The summed E-state index contributed by atoms with van der Waals surface area (Å²) in [5.41, 5.74) is 6.84. The predicted molar refractivity (Wildman–Crippen MR) is 112 cm³/mol. The maximum absolute atomic E-state index is 11.7. The molecule has 1 fully saturated rings. The van der Waals surface area contributed by atoms with Gasteiger partial charge < -0.3 is 30.2 Å². The Kier molecular flexibility index (Phi) is 7.65. The van der Waals surface area contributed by atoms with Crippen LogP contribution >= 0.6 is 0 Å². The highest BCUT2D eigenvalue weighted by Gasteiger charge is 2.31. The fourth-order valence-electron chi connectivity index (χ4n) is 3.69. The van der Waals surface area contributed by atoms with Crippen LogP contribution in [0.1, 0.15) is 43.8 Å². The van der Waals surface area contributed by atoms with Crippen molar-refractivity contribution in [3.05, 3.63) is 29.8 Å². The maximum Gasteiger partial charge on any atom is 0.313 e. The standard InChI is InChI=1S/C19H24N4O5.C2H4O2/c1-26-18(25)10-17-21-19(11-2-4-14(24)13(20)8-11)23(22-17)12-3-5-15-16(9-12)28-7-6-27-15;1-2(3)4/h3,5,9,11,13-14,24H,2,4,6-8,10,20H2,1H3;1H3,(H,3,4)/t11-,13+,14+;/m0./s1. The first-order valence-electron chi connectivity index (χ1n) is 10.3. The van der Waals surface area contributed by atoms with Crippen LogP contribution in [0.15, 0.2) is 18.2 Å². The summed E-state index contributed by atoms with van der Waals surface area (Å²) >= 11 is 0. The first-order valence-corrected chi connectivity index (χ1v) is 10.3. The van der Waals surface area contributed by atoms with Gasteiger partial charge in [0.25, 0.3) is 5.97 Å². The van der Waals surface area contributed by atoms with Crippen molar-refractivity contribution in [3.63, 3.8) is 0 Å². The van der Waals surface area contributed by atoms with Crippen molar-refractivity contribution in [2.24, 2.45) is 5.73 Å². The summed E-state index contributed by atoms with van der Waals surface area (Å²) in [6.45, 7) is 2.09. The number of ether oxygens (including phenoxy) is 3. The molecular weight excluding hydrogens is 420 g/mol. The van der Waals surface area contributed by atoms with Gasteiger partial charge in [-0.1, -0.05) is 0 Å². The second kappa shape index (κ2) is 10.4. The topological polar surface area (TPSA) is 159 Å². The number of aliphatic carboxylic acids is 1. The van der Waals surface area contributed by atoms with Gasteiger partial charge in [-0.25, -0.2) is 9.67 Å². The molecule has 4 N–H and O–H groups in total. The lowest BCUT2D eigenvalue weighted by Crippen LogP contribution is -2.40. The third-order valence-corrected chi connectivity index (χ3v) is 5.20. The number of fused-ring (bicyclic) bond motifs is 1. The molecule has 2 aromatic rings. The summed E-state index contributed by atoms with van der Waals surface area (Å²) in [4.78, 5) is 25.3. The Labute approximate surface area is 185 Å². The molecule has 11 nitrogen and oxygen atoms in total. The van der Waals surface area contributed by atoms with E-state index in [4.69, 9.17) is 29.8 Å². The monoisotopic (exact) mass is 448 g/mol. The number of methoxy groups -OCH3 is 1. The van der Waals surface area contributed by atoms with Crippen LogP contribution in [-0.4, -0.2) is 69.4 Å². The molecule has 1 saturated carbocycles. The molecule has 4 rings (SSSR count). The number of hydrogen-bond donors (Lipinski definition) is 3. The number of carbonyl (C=O) groups excluding carboxylic acids is 1. The third-order valence-electron chi connectivity index (χ3n) is 5.20. The van der Waals surface area contributed by atoms with Gasteiger partial charge in [0.05, 0.1) is 18.9 Å². The zero-order valence-corrected chi connectivity index (χ0v) is 18.1. The Balaban J connectivity index is 0.000000668. The molecule has 0 saturated heterocycles. The summed E-state index contributed by atoms with van der Waals surface area (Å²) in [6.07, 6.45) is 1.43. The highest BCUT2D eigenvalue weighted by molar-refractivity contribution is 5.71. The molecular formula is C21H28N4O7. The molecule has 0 spiro atoms. The minimum atomic E-state index is -0.833. The van der Waals surface area contributed by atoms with Crippen molar-refractivity contribution < 1.29 is 34.0 Å². The fraction of sp³-hybridized carbons (Fsp3) is 0.524. The van der Waals surface area contributed by atoms with Gasteiger partial charge in [-0.15, -0.1) is 0 Å². The quantitative estimate of drug-likeness (QED) is 0.571. The van der Waals surface area contributed by atoms with Gasteiger partial charge in [-0.2, -0.15) is 5.10 Å². The number of nitrogens with zero attached hydrogens (tertiary/aromatic N) is 3. The average Bonchev–Trinajstić information content (AvgIpc) is 3.18. The van der Waals surface area contributed by atoms with Gasteiger partial charge in [0.15, 0.2) is 17.3 Å². The third kappa shape index (κ3) is 5.74. The Bertz CT molecular complexity index is 958. The van der Waals surface area contributed by atoms with Gasteiger partial charge >= 0.3 is 5.97 Å². The van der Waals surface area contributed by atoms with Crippen LogP contribution < -0.4 is 15.2 Å². The van der Waals surface area contributed by atoms with Crippen LogP contribution in [0.5, 0.6) is 11.5 Å². The lowest BCUT2D eigenvalue weighted by molar-refractivity contribution is -0.140. The minimum absolute atomic E-state index is 0.0115. The highest BCUT2D eigenvalue weighted by atomic mass is 16.6.